The monoisotopic (exact) mass is 336 g/mol. The highest BCUT2D eigenvalue weighted by atomic mass is 79.9. The summed E-state index contributed by atoms with van der Waals surface area (Å²) >= 11 is 3.30. The predicted octanol–water partition coefficient (Wildman–Crippen LogP) is 1.81. The van der Waals surface area contributed by atoms with Crippen molar-refractivity contribution < 1.29 is 13.2 Å². The van der Waals surface area contributed by atoms with Crippen LogP contribution in [0.4, 0.5) is 5.69 Å². The van der Waals surface area contributed by atoms with Crippen LogP contribution in [0.3, 0.4) is 0 Å². The molecule has 0 bridgehead atoms. The molecule has 7 heteroatoms. The molecule has 1 unspecified atom stereocenters. The van der Waals surface area contributed by atoms with E-state index in [1.807, 2.05) is 0 Å². The zero-order chi connectivity index (χ0) is 13.8. The van der Waals surface area contributed by atoms with Gasteiger partial charge >= 0.3 is 0 Å². The van der Waals surface area contributed by atoms with Crippen molar-refractivity contribution in [3.8, 4) is 5.75 Å². The van der Waals surface area contributed by atoms with Crippen molar-refractivity contribution in [2.75, 3.05) is 25.4 Å². The van der Waals surface area contributed by atoms with Crippen molar-refractivity contribution in [3.63, 3.8) is 0 Å². The van der Waals surface area contributed by atoms with Gasteiger partial charge in [-0.3, -0.25) is 4.72 Å². The minimum absolute atomic E-state index is 0.381. The molecule has 1 aromatic carbocycles. The van der Waals surface area contributed by atoms with Crippen LogP contribution in [0.15, 0.2) is 22.7 Å². The summed E-state index contributed by atoms with van der Waals surface area (Å²) in [5, 5.41) is 2.30. The topological polar surface area (TPSA) is 67.4 Å². The van der Waals surface area contributed by atoms with E-state index in [1.54, 1.807) is 32.2 Å². The molecule has 0 amide bonds. The molecule has 0 heterocycles. The number of anilines is 1. The van der Waals surface area contributed by atoms with E-state index in [9.17, 15) is 8.42 Å². The van der Waals surface area contributed by atoms with Crippen LogP contribution in [0, 0.1) is 0 Å². The molecule has 1 atom stereocenters. The third kappa shape index (κ3) is 3.86. The Balaban J connectivity index is 3.00. The Hall–Kier alpha value is -0.790. The number of hydrogen-bond donors (Lipinski definition) is 2. The number of ether oxygens (including phenoxy) is 1. The fraction of sp³-hybridized carbons (Fsp3) is 0.455. The summed E-state index contributed by atoms with van der Waals surface area (Å²) in [4.78, 5) is 0. The summed E-state index contributed by atoms with van der Waals surface area (Å²) in [5.74, 6) is 0.485. The Morgan fingerprint density at radius 1 is 1.44 bits per heavy atom. The largest absolute Gasteiger partial charge is 0.495 e. The van der Waals surface area contributed by atoms with Gasteiger partial charge in [-0.2, -0.15) is 0 Å². The molecule has 0 aliphatic heterocycles. The van der Waals surface area contributed by atoms with Gasteiger partial charge in [0, 0.05) is 11.0 Å². The van der Waals surface area contributed by atoms with Crippen LogP contribution in [0.25, 0.3) is 0 Å². The van der Waals surface area contributed by atoms with Crippen LogP contribution in [-0.2, 0) is 10.0 Å². The van der Waals surface area contributed by atoms with E-state index >= 15 is 0 Å². The van der Waals surface area contributed by atoms with Gasteiger partial charge in [-0.1, -0.05) is 15.9 Å². The molecule has 1 rings (SSSR count). The number of methoxy groups -OCH3 is 1. The van der Waals surface area contributed by atoms with Gasteiger partial charge in [-0.05, 0) is 32.2 Å². The molecular weight excluding hydrogens is 320 g/mol. The lowest BCUT2D eigenvalue weighted by atomic mass is 10.3. The number of nitrogens with one attached hydrogen (secondary N) is 2. The van der Waals surface area contributed by atoms with Crippen molar-refractivity contribution >= 4 is 31.6 Å². The number of sulfonamides is 1. The quantitative estimate of drug-likeness (QED) is 0.831. The molecule has 0 radical (unpaired) electrons. The molecule has 0 fully saturated rings. The normalized spacial score (nSPS) is 13.1. The molecular formula is C11H17BrN2O3S. The van der Waals surface area contributed by atoms with Gasteiger partial charge in [0.15, 0.2) is 0 Å². The minimum atomic E-state index is -3.44. The number of rotatable bonds is 6. The first-order chi connectivity index (χ1) is 8.40. The Bertz CT molecular complexity index is 505. The van der Waals surface area contributed by atoms with Gasteiger partial charge < -0.3 is 10.1 Å². The second-order valence-corrected chi connectivity index (χ2v) is 6.87. The average Bonchev–Trinajstić information content (AvgIpc) is 2.29. The standard InChI is InChI=1S/C11H17BrN2O3S/c1-8(7-13-2)18(15,16)14-10-6-9(12)4-5-11(10)17-3/h4-6,8,13-14H,7H2,1-3H3. The molecule has 0 aliphatic carbocycles. The van der Waals surface area contributed by atoms with E-state index in [0.29, 0.717) is 18.0 Å². The lowest BCUT2D eigenvalue weighted by molar-refractivity contribution is 0.417. The zero-order valence-corrected chi connectivity index (χ0v) is 12.9. The molecule has 0 saturated heterocycles. The van der Waals surface area contributed by atoms with Crippen LogP contribution in [-0.4, -0.2) is 34.4 Å². The van der Waals surface area contributed by atoms with Gasteiger partial charge in [0.05, 0.1) is 18.0 Å². The van der Waals surface area contributed by atoms with Crippen LogP contribution < -0.4 is 14.8 Å². The van der Waals surface area contributed by atoms with Gasteiger partial charge in [0.25, 0.3) is 0 Å². The van der Waals surface area contributed by atoms with Crippen LogP contribution in [0.5, 0.6) is 5.75 Å². The van der Waals surface area contributed by atoms with Crippen molar-refractivity contribution in [1.29, 1.82) is 0 Å². The highest BCUT2D eigenvalue weighted by molar-refractivity contribution is 9.10. The van der Waals surface area contributed by atoms with Crippen molar-refractivity contribution in [1.82, 2.24) is 5.32 Å². The van der Waals surface area contributed by atoms with E-state index in [1.165, 1.54) is 7.11 Å². The maximum atomic E-state index is 12.0. The second-order valence-electron chi connectivity index (χ2n) is 3.86. The van der Waals surface area contributed by atoms with Crippen LogP contribution >= 0.6 is 15.9 Å². The highest BCUT2D eigenvalue weighted by Crippen LogP contribution is 2.29. The summed E-state index contributed by atoms with van der Waals surface area (Å²) < 4.78 is 32.5. The Labute approximate surface area is 116 Å². The summed E-state index contributed by atoms with van der Waals surface area (Å²) in [7, 11) is -0.226. The number of benzene rings is 1. The fourth-order valence-electron chi connectivity index (χ4n) is 1.41. The highest BCUT2D eigenvalue weighted by Gasteiger charge is 2.21. The molecule has 102 valence electrons. The van der Waals surface area contributed by atoms with E-state index in [-0.39, 0.29) is 0 Å². The Morgan fingerprint density at radius 2 is 2.11 bits per heavy atom. The maximum Gasteiger partial charge on any atom is 0.236 e. The molecule has 1 aromatic rings. The minimum Gasteiger partial charge on any atom is -0.495 e. The predicted molar refractivity (Wildman–Crippen MR) is 76.6 cm³/mol. The first kappa shape index (κ1) is 15.3. The lowest BCUT2D eigenvalue weighted by Gasteiger charge is -2.16. The van der Waals surface area contributed by atoms with Gasteiger partial charge in [-0.15, -0.1) is 0 Å². The third-order valence-electron chi connectivity index (χ3n) is 2.44. The summed E-state index contributed by atoms with van der Waals surface area (Å²) in [5.41, 5.74) is 0.426. The zero-order valence-electron chi connectivity index (χ0n) is 10.5. The fourth-order valence-corrected chi connectivity index (χ4v) is 2.83. The van der Waals surface area contributed by atoms with Crippen molar-refractivity contribution in [2.45, 2.75) is 12.2 Å². The van der Waals surface area contributed by atoms with E-state index in [0.717, 1.165) is 4.47 Å². The van der Waals surface area contributed by atoms with Crippen molar-refractivity contribution in [3.05, 3.63) is 22.7 Å². The molecule has 0 aliphatic rings. The first-order valence-corrected chi connectivity index (χ1v) is 7.74. The van der Waals surface area contributed by atoms with E-state index in [4.69, 9.17) is 4.74 Å². The first-order valence-electron chi connectivity index (χ1n) is 5.40. The summed E-state index contributed by atoms with van der Waals surface area (Å²) in [6.07, 6.45) is 0. The molecule has 0 spiro atoms. The van der Waals surface area contributed by atoms with Gasteiger partial charge in [0.1, 0.15) is 5.75 Å². The maximum absolute atomic E-state index is 12.0. The molecule has 18 heavy (non-hydrogen) atoms. The third-order valence-corrected chi connectivity index (χ3v) is 4.66. The van der Waals surface area contributed by atoms with Crippen LogP contribution in [0.1, 0.15) is 6.92 Å². The van der Waals surface area contributed by atoms with Gasteiger partial charge in [0.2, 0.25) is 10.0 Å². The van der Waals surface area contributed by atoms with E-state index in [2.05, 4.69) is 26.0 Å². The van der Waals surface area contributed by atoms with Gasteiger partial charge in [-0.25, -0.2) is 8.42 Å². The summed E-state index contributed by atoms with van der Waals surface area (Å²) in [6.45, 7) is 2.02. The number of halogens is 1. The summed E-state index contributed by atoms with van der Waals surface area (Å²) in [6, 6.07) is 5.15. The van der Waals surface area contributed by atoms with E-state index < -0.39 is 15.3 Å². The lowest BCUT2D eigenvalue weighted by Crippen LogP contribution is -2.33. The molecule has 5 nitrogen and oxygen atoms in total. The smallest absolute Gasteiger partial charge is 0.236 e. The SMILES string of the molecule is CNCC(C)S(=O)(=O)Nc1cc(Br)ccc1OC. The Morgan fingerprint density at radius 3 is 2.67 bits per heavy atom. The van der Waals surface area contributed by atoms with Crippen LogP contribution in [0.2, 0.25) is 0 Å². The molecule has 0 saturated carbocycles. The number of hydrogen-bond acceptors (Lipinski definition) is 4. The Kier molecular flexibility index (Phi) is 5.43. The van der Waals surface area contributed by atoms with Crippen molar-refractivity contribution in [2.24, 2.45) is 0 Å². The second kappa shape index (κ2) is 6.40. The molecule has 0 aromatic heterocycles. The molecule has 2 N–H and O–H groups in total. The average molecular weight is 337 g/mol.